The third kappa shape index (κ3) is 3.68. The summed E-state index contributed by atoms with van der Waals surface area (Å²) in [5, 5.41) is 22.6. The molecule has 0 spiro atoms. The van der Waals surface area contributed by atoms with Crippen molar-refractivity contribution in [2.45, 2.75) is 73.0 Å². The first-order chi connectivity index (χ1) is 14.7. The van der Waals surface area contributed by atoms with Gasteiger partial charge in [-0.05, 0) is 18.3 Å². The van der Waals surface area contributed by atoms with Crippen molar-refractivity contribution in [2.75, 3.05) is 6.61 Å². The third-order valence-corrected chi connectivity index (χ3v) is 7.33. The maximum atomic E-state index is 13.5. The van der Waals surface area contributed by atoms with Crippen LogP contribution in [0.15, 0.2) is 22.5 Å². The number of hydrogen-bond acceptors (Lipinski definition) is 8. The van der Waals surface area contributed by atoms with Crippen molar-refractivity contribution < 1.29 is 38.9 Å². The fraction of sp³-hybridized carbons (Fsp3) is 0.667. The molecule has 0 saturated heterocycles. The van der Waals surface area contributed by atoms with Crippen LogP contribution in [-0.4, -0.2) is 52.5 Å². The second kappa shape index (κ2) is 8.14. The monoisotopic (exact) mass is 448 g/mol. The lowest BCUT2D eigenvalue weighted by Gasteiger charge is -2.58. The van der Waals surface area contributed by atoms with Gasteiger partial charge < -0.3 is 19.7 Å². The summed E-state index contributed by atoms with van der Waals surface area (Å²) < 4.78 is 10.4. The number of carbonyl (C=O) groups excluding carboxylic acids is 4. The van der Waals surface area contributed by atoms with Crippen LogP contribution in [0.25, 0.3) is 0 Å². The van der Waals surface area contributed by atoms with Gasteiger partial charge in [-0.1, -0.05) is 34.1 Å². The second-order valence-corrected chi connectivity index (χ2v) is 10.2. The Morgan fingerprint density at radius 1 is 1.09 bits per heavy atom. The van der Waals surface area contributed by atoms with E-state index in [1.807, 2.05) is 20.8 Å². The van der Waals surface area contributed by atoms with Crippen LogP contribution < -0.4 is 0 Å². The zero-order valence-electron chi connectivity index (χ0n) is 19.5. The Kier molecular flexibility index (Phi) is 6.15. The predicted molar refractivity (Wildman–Crippen MR) is 113 cm³/mol. The first-order valence-corrected chi connectivity index (χ1v) is 11.0. The molecule has 3 aliphatic rings. The van der Waals surface area contributed by atoms with Gasteiger partial charge in [-0.15, -0.1) is 0 Å². The number of allylic oxidation sites excluding steroid dienone is 1. The van der Waals surface area contributed by atoms with Gasteiger partial charge in [0.2, 0.25) is 11.6 Å². The molecule has 0 amide bonds. The van der Waals surface area contributed by atoms with E-state index < -0.39 is 64.1 Å². The van der Waals surface area contributed by atoms with E-state index in [0.717, 1.165) is 12.8 Å². The summed E-state index contributed by atoms with van der Waals surface area (Å²) in [7, 11) is 0. The number of ketones is 2. The SMILES string of the molecule is CC(=O)OCC(C)C1=C(O)C2=C(C(=O)C1=O)[C@@]1(C)CCCC(C)(C)[C@H]1C(O)C2OC(C)=O. The highest BCUT2D eigenvalue weighted by molar-refractivity contribution is 6.50. The van der Waals surface area contributed by atoms with E-state index in [1.54, 1.807) is 6.92 Å². The summed E-state index contributed by atoms with van der Waals surface area (Å²) in [4.78, 5) is 49.8. The molecule has 0 bridgehead atoms. The van der Waals surface area contributed by atoms with Gasteiger partial charge in [0.15, 0.2) is 6.10 Å². The normalized spacial score (nSPS) is 32.8. The summed E-state index contributed by atoms with van der Waals surface area (Å²) in [5.41, 5.74) is -1.35. The van der Waals surface area contributed by atoms with Crippen molar-refractivity contribution in [3.63, 3.8) is 0 Å². The van der Waals surface area contributed by atoms with Crippen LogP contribution in [0.3, 0.4) is 0 Å². The number of fused-ring (bicyclic) bond motifs is 2. The molecule has 8 nitrogen and oxygen atoms in total. The van der Waals surface area contributed by atoms with Crippen LogP contribution in [0.4, 0.5) is 0 Å². The minimum atomic E-state index is -1.29. The van der Waals surface area contributed by atoms with Crippen molar-refractivity contribution in [1.29, 1.82) is 0 Å². The zero-order chi connectivity index (χ0) is 24.2. The Morgan fingerprint density at radius 3 is 2.28 bits per heavy atom. The molecule has 5 atom stereocenters. The number of aliphatic hydroxyl groups excluding tert-OH is 2. The van der Waals surface area contributed by atoms with E-state index in [-0.39, 0.29) is 23.3 Å². The summed E-state index contributed by atoms with van der Waals surface area (Å²) in [5.74, 6) is -4.57. The fourth-order valence-corrected chi connectivity index (χ4v) is 6.21. The molecule has 3 rings (SSSR count). The topological polar surface area (TPSA) is 127 Å². The highest BCUT2D eigenvalue weighted by atomic mass is 16.6. The van der Waals surface area contributed by atoms with Crippen LogP contribution in [0.2, 0.25) is 0 Å². The number of Topliss-reactive ketones (excluding diaryl/α,β-unsaturated/α-hetero) is 2. The molecule has 2 N–H and O–H groups in total. The van der Waals surface area contributed by atoms with E-state index >= 15 is 0 Å². The van der Waals surface area contributed by atoms with Gasteiger partial charge in [0.05, 0.1) is 18.3 Å². The molecule has 0 heterocycles. The Morgan fingerprint density at radius 2 is 1.72 bits per heavy atom. The minimum Gasteiger partial charge on any atom is -0.507 e. The number of hydrogen-bond donors (Lipinski definition) is 2. The largest absolute Gasteiger partial charge is 0.507 e. The van der Waals surface area contributed by atoms with Gasteiger partial charge in [0, 0.05) is 42.2 Å². The van der Waals surface area contributed by atoms with E-state index in [4.69, 9.17) is 9.47 Å². The maximum Gasteiger partial charge on any atom is 0.303 e. The number of rotatable bonds is 4. The lowest BCUT2D eigenvalue weighted by atomic mass is 9.47. The molecular weight excluding hydrogens is 416 g/mol. The van der Waals surface area contributed by atoms with Crippen molar-refractivity contribution >= 4 is 23.5 Å². The van der Waals surface area contributed by atoms with E-state index in [9.17, 15) is 29.4 Å². The molecule has 0 aromatic heterocycles. The van der Waals surface area contributed by atoms with Gasteiger partial charge in [-0.2, -0.15) is 0 Å². The molecule has 0 aromatic rings. The van der Waals surface area contributed by atoms with Crippen molar-refractivity contribution in [3.05, 3.63) is 22.5 Å². The molecule has 1 saturated carbocycles. The summed E-state index contributed by atoms with van der Waals surface area (Å²) in [6.45, 7) is 9.58. The average Bonchev–Trinajstić information content (AvgIpc) is 2.65. The molecule has 0 aliphatic heterocycles. The average molecular weight is 449 g/mol. The summed E-state index contributed by atoms with van der Waals surface area (Å²) >= 11 is 0. The second-order valence-electron chi connectivity index (χ2n) is 10.2. The smallest absolute Gasteiger partial charge is 0.303 e. The van der Waals surface area contributed by atoms with E-state index in [2.05, 4.69) is 0 Å². The Balaban J connectivity index is 2.26. The van der Waals surface area contributed by atoms with Gasteiger partial charge in [-0.3, -0.25) is 19.2 Å². The van der Waals surface area contributed by atoms with Crippen LogP contribution in [-0.2, 0) is 28.7 Å². The highest BCUT2D eigenvalue weighted by Crippen LogP contribution is 2.61. The molecule has 1 fully saturated rings. The molecular formula is C24H32O8. The van der Waals surface area contributed by atoms with Crippen molar-refractivity contribution in [3.8, 4) is 0 Å². The highest BCUT2D eigenvalue weighted by Gasteiger charge is 2.62. The molecule has 3 aliphatic carbocycles. The number of carbonyl (C=O) groups is 4. The Bertz CT molecular complexity index is 940. The number of esters is 2. The Labute approximate surface area is 187 Å². The lowest BCUT2D eigenvalue weighted by molar-refractivity contribution is -0.166. The summed E-state index contributed by atoms with van der Waals surface area (Å²) in [6.07, 6.45) is -0.330. The third-order valence-electron chi connectivity index (χ3n) is 7.33. The van der Waals surface area contributed by atoms with Gasteiger partial charge in [0.25, 0.3) is 0 Å². The van der Waals surface area contributed by atoms with Crippen LogP contribution in [0.1, 0.15) is 60.8 Å². The number of ether oxygens (including phenoxy) is 2. The lowest BCUT2D eigenvalue weighted by Crippen LogP contribution is -2.60. The van der Waals surface area contributed by atoms with Crippen molar-refractivity contribution in [2.24, 2.45) is 22.7 Å². The number of aliphatic hydroxyl groups is 2. The van der Waals surface area contributed by atoms with E-state index in [1.165, 1.54) is 13.8 Å². The zero-order valence-corrected chi connectivity index (χ0v) is 19.5. The first-order valence-electron chi connectivity index (χ1n) is 11.0. The van der Waals surface area contributed by atoms with Gasteiger partial charge in [0.1, 0.15) is 5.76 Å². The van der Waals surface area contributed by atoms with E-state index in [0.29, 0.717) is 6.42 Å². The van der Waals surface area contributed by atoms with Gasteiger partial charge in [-0.25, -0.2) is 0 Å². The molecule has 3 unspecified atom stereocenters. The minimum absolute atomic E-state index is 0.00146. The Hall–Kier alpha value is -2.48. The summed E-state index contributed by atoms with van der Waals surface area (Å²) in [6, 6.07) is 0. The molecule has 176 valence electrons. The molecule has 32 heavy (non-hydrogen) atoms. The fourth-order valence-electron chi connectivity index (χ4n) is 6.21. The first kappa shape index (κ1) is 24.2. The molecule has 0 radical (unpaired) electrons. The quantitative estimate of drug-likeness (QED) is 0.382. The standard InChI is InChI=1S/C24H32O8/c1-11(10-31-12(2)25)14-17(27)15-16(19(29)18(14)28)24(6)9-7-8-23(4,5)22(24)20(30)21(15)32-13(3)26/h11,20-22,27,30H,7-10H2,1-6H3/t11?,20?,21?,22-,24-/m1/s1. The predicted octanol–water partition coefficient (Wildman–Crippen LogP) is 2.58. The van der Waals surface area contributed by atoms with Gasteiger partial charge >= 0.3 is 11.9 Å². The van der Waals surface area contributed by atoms with Crippen LogP contribution in [0, 0.1) is 22.7 Å². The van der Waals surface area contributed by atoms with Crippen LogP contribution >= 0.6 is 0 Å². The molecule has 0 aromatic carbocycles. The van der Waals surface area contributed by atoms with Crippen molar-refractivity contribution in [1.82, 2.24) is 0 Å². The van der Waals surface area contributed by atoms with Crippen LogP contribution in [0.5, 0.6) is 0 Å². The molecule has 8 heteroatoms. The maximum absolute atomic E-state index is 13.5.